The van der Waals surface area contributed by atoms with Crippen LogP contribution in [-0.2, 0) is 30.9 Å². The van der Waals surface area contributed by atoms with Crippen molar-refractivity contribution in [3.63, 3.8) is 0 Å². The van der Waals surface area contributed by atoms with Gasteiger partial charge in [0.25, 0.3) is 0 Å². The van der Waals surface area contributed by atoms with E-state index in [4.69, 9.17) is 13.7 Å². The zero-order valence-corrected chi connectivity index (χ0v) is 28.6. The number of hydrogen-bond donors (Lipinski definition) is 0. The van der Waals surface area contributed by atoms with E-state index in [0.717, 1.165) is 11.4 Å². The summed E-state index contributed by atoms with van der Waals surface area (Å²) in [6.45, 7) is 15.4. The Labute approximate surface area is 273 Å². The normalized spacial score (nSPS) is 19.6. The smallest absolute Gasteiger partial charge is 0.339 e. The van der Waals surface area contributed by atoms with Crippen LogP contribution in [0.5, 0.6) is 11.5 Å². The van der Waals surface area contributed by atoms with Crippen molar-refractivity contribution in [1.82, 2.24) is 4.90 Å². The van der Waals surface area contributed by atoms with E-state index in [1.54, 1.807) is 37.5 Å². The zero-order chi connectivity index (χ0) is 33.4. The Hall–Kier alpha value is -3.69. The van der Waals surface area contributed by atoms with E-state index < -0.39 is 16.0 Å². The number of methoxy groups -OCH3 is 1. The third kappa shape index (κ3) is 6.58. The third-order valence-electron chi connectivity index (χ3n) is 8.92. The lowest BCUT2D eigenvalue weighted by Crippen LogP contribution is -2.45. The van der Waals surface area contributed by atoms with Crippen LogP contribution in [0.15, 0.2) is 82.6 Å². The summed E-state index contributed by atoms with van der Waals surface area (Å²) < 4.78 is 44.1. The highest BCUT2D eigenvalue weighted by molar-refractivity contribution is 7.87. The van der Waals surface area contributed by atoms with Gasteiger partial charge in [-0.25, -0.2) is 0 Å². The SMILES string of the molecule is C=CCc1cc(C2C3=C(CC(C)(C)CC3=O)N(CCOC)C3=C2C(=O)CC(C)(C)C3)cc(OCC)c1OS(=O)(=O)c1ccccc1. The Kier molecular flexibility index (Phi) is 9.40. The Morgan fingerprint density at radius 2 is 1.52 bits per heavy atom. The molecular formula is C37H45NO7S. The number of ketones is 2. The minimum absolute atomic E-state index is 0.0121. The maximum Gasteiger partial charge on any atom is 0.339 e. The number of carbonyl (C=O) groups excluding carboxylic acids is 2. The summed E-state index contributed by atoms with van der Waals surface area (Å²) in [5.41, 5.74) is 3.83. The van der Waals surface area contributed by atoms with Crippen molar-refractivity contribution in [2.24, 2.45) is 10.8 Å². The van der Waals surface area contributed by atoms with Crippen LogP contribution >= 0.6 is 0 Å². The van der Waals surface area contributed by atoms with Gasteiger partial charge in [0.05, 0.1) is 13.2 Å². The molecule has 9 heteroatoms. The van der Waals surface area contributed by atoms with Gasteiger partial charge in [-0.15, -0.1) is 6.58 Å². The number of allylic oxidation sites excluding steroid dienone is 5. The number of rotatable bonds is 11. The second-order valence-corrected chi connectivity index (χ2v) is 15.5. The highest BCUT2D eigenvalue weighted by Crippen LogP contribution is 2.55. The van der Waals surface area contributed by atoms with E-state index in [9.17, 15) is 18.0 Å². The van der Waals surface area contributed by atoms with Crippen LogP contribution in [0.2, 0.25) is 0 Å². The molecule has 0 N–H and O–H groups in total. The third-order valence-corrected chi connectivity index (χ3v) is 10.2. The zero-order valence-electron chi connectivity index (χ0n) is 27.8. The van der Waals surface area contributed by atoms with Gasteiger partial charge in [0.15, 0.2) is 23.1 Å². The van der Waals surface area contributed by atoms with Crippen LogP contribution in [0.1, 0.15) is 77.3 Å². The van der Waals surface area contributed by atoms with Gasteiger partial charge in [-0.05, 0) is 60.8 Å². The number of hydrogen-bond acceptors (Lipinski definition) is 8. The summed E-state index contributed by atoms with van der Waals surface area (Å²) in [5, 5.41) is 0. The fraction of sp³-hybridized carbons (Fsp3) is 0.459. The molecule has 2 aromatic rings. The van der Waals surface area contributed by atoms with Crippen LogP contribution in [0, 0.1) is 10.8 Å². The van der Waals surface area contributed by atoms with Crippen LogP contribution in [-0.4, -0.2) is 51.8 Å². The van der Waals surface area contributed by atoms with Gasteiger partial charge in [0, 0.05) is 60.5 Å². The molecule has 0 fully saturated rings. The van der Waals surface area contributed by atoms with Gasteiger partial charge in [-0.2, -0.15) is 8.42 Å². The van der Waals surface area contributed by atoms with E-state index in [1.165, 1.54) is 12.1 Å². The summed E-state index contributed by atoms with van der Waals surface area (Å²) >= 11 is 0. The summed E-state index contributed by atoms with van der Waals surface area (Å²) in [6, 6.07) is 11.5. The molecule has 0 spiro atoms. The summed E-state index contributed by atoms with van der Waals surface area (Å²) in [5.74, 6) is -0.299. The van der Waals surface area contributed by atoms with E-state index in [0.29, 0.717) is 61.1 Å². The predicted octanol–water partition coefficient (Wildman–Crippen LogP) is 6.91. The van der Waals surface area contributed by atoms with Gasteiger partial charge in [0.1, 0.15) is 4.90 Å². The fourth-order valence-electron chi connectivity index (χ4n) is 7.09. The molecular weight excluding hydrogens is 602 g/mol. The summed E-state index contributed by atoms with van der Waals surface area (Å²) in [6.07, 6.45) is 4.01. The lowest BCUT2D eigenvalue weighted by molar-refractivity contribution is -0.119. The van der Waals surface area contributed by atoms with Crippen molar-refractivity contribution in [3.05, 3.63) is 88.8 Å². The van der Waals surface area contributed by atoms with Crippen molar-refractivity contribution >= 4 is 21.7 Å². The Morgan fingerprint density at radius 1 is 0.935 bits per heavy atom. The Morgan fingerprint density at radius 3 is 2.04 bits per heavy atom. The lowest BCUT2D eigenvalue weighted by atomic mass is 9.63. The average molecular weight is 648 g/mol. The first-order valence-corrected chi connectivity index (χ1v) is 17.3. The van der Waals surface area contributed by atoms with Crippen molar-refractivity contribution < 1.29 is 31.7 Å². The predicted molar refractivity (Wildman–Crippen MR) is 177 cm³/mol. The van der Waals surface area contributed by atoms with Crippen molar-refractivity contribution in [2.45, 2.75) is 77.5 Å². The maximum atomic E-state index is 14.2. The topological polar surface area (TPSA) is 99.2 Å². The minimum atomic E-state index is -4.19. The molecule has 1 heterocycles. The van der Waals surface area contributed by atoms with E-state index in [2.05, 4.69) is 39.2 Å². The average Bonchev–Trinajstić information content (AvgIpc) is 2.96. The largest absolute Gasteiger partial charge is 0.490 e. The molecule has 3 aliphatic rings. The molecule has 2 aliphatic carbocycles. The molecule has 1 aliphatic heterocycles. The van der Waals surface area contributed by atoms with E-state index in [-0.39, 0.29) is 51.8 Å². The Balaban J connectivity index is 1.76. The standard InChI is InChI=1S/C37H45NO7S/c1-8-13-24-18-25(19-31(44-9-2)35(24)45-46(41,42)26-14-11-10-12-15-26)32-33-27(20-36(3,4)22-29(33)39)38(16-17-43-7)28-21-37(5,6)23-30(40)34(28)32/h8,10-12,14-15,18-19,32H,1,9,13,16-17,20-23H2,2-7H3. The number of ether oxygens (including phenoxy) is 2. The molecule has 0 aromatic heterocycles. The highest BCUT2D eigenvalue weighted by Gasteiger charge is 2.49. The second-order valence-electron chi connectivity index (χ2n) is 14.0. The van der Waals surface area contributed by atoms with Crippen molar-refractivity contribution in [1.29, 1.82) is 0 Å². The van der Waals surface area contributed by atoms with Gasteiger partial charge in [-0.1, -0.05) is 58.0 Å². The van der Waals surface area contributed by atoms with Crippen LogP contribution in [0.4, 0.5) is 0 Å². The molecule has 2 aromatic carbocycles. The first-order chi connectivity index (χ1) is 21.7. The van der Waals surface area contributed by atoms with Gasteiger partial charge in [-0.3, -0.25) is 9.59 Å². The molecule has 0 saturated carbocycles. The quantitative estimate of drug-likeness (QED) is 0.192. The minimum Gasteiger partial charge on any atom is -0.490 e. The highest BCUT2D eigenvalue weighted by atomic mass is 32.2. The van der Waals surface area contributed by atoms with Crippen molar-refractivity contribution in [3.8, 4) is 11.5 Å². The number of Topliss-reactive ketones (excluding diaryl/α,β-unsaturated/α-hetero) is 2. The van der Waals surface area contributed by atoms with E-state index >= 15 is 0 Å². The van der Waals surface area contributed by atoms with E-state index in [1.807, 2.05) is 13.0 Å². The molecule has 246 valence electrons. The van der Waals surface area contributed by atoms with Crippen LogP contribution in [0.25, 0.3) is 0 Å². The summed E-state index contributed by atoms with van der Waals surface area (Å²) in [7, 11) is -2.54. The summed E-state index contributed by atoms with van der Waals surface area (Å²) in [4.78, 5) is 30.6. The number of carbonyl (C=O) groups is 2. The van der Waals surface area contributed by atoms with Gasteiger partial charge in [0.2, 0.25) is 0 Å². The molecule has 5 rings (SSSR count). The van der Waals surface area contributed by atoms with Gasteiger partial charge < -0.3 is 18.6 Å². The fourth-order valence-corrected chi connectivity index (χ4v) is 8.09. The molecule has 0 saturated heterocycles. The van der Waals surface area contributed by atoms with Crippen LogP contribution < -0.4 is 8.92 Å². The molecule has 0 unspecified atom stereocenters. The first kappa shape index (κ1) is 33.7. The number of nitrogens with zero attached hydrogens (tertiary/aromatic N) is 1. The molecule has 8 nitrogen and oxygen atoms in total. The second kappa shape index (κ2) is 12.8. The number of benzene rings is 2. The lowest BCUT2D eigenvalue weighted by Gasteiger charge is -2.49. The molecule has 0 bridgehead atoms. The molecule has 0 atom stereocenters. The first-order valence-electron chi connectivity index (χ1n) is 15.9. The molecule has 46 heavy (non-hydrogen) atoms. The maximum absolute atomic E-state index is 14.2. The Bertz CT molecular complexity index is 1660. The van der Waals surface area contributed by atoms with Crippen LogP contribution in [0.3, 0.4) is 0 Å². The van der Waals surface area contributed by atoms with Crippen molar-refractivity contribution in [2.75, 3.05) is 26.9 Å². The monoisotopic (exact) mass is 647 g/mol. The van der Waals surface area contributed by atoms with Gasteiger partial charge >= 0.3 is 10.1 Å². The molecule has 0 radical (unpaired) electrons. The molecule has 0 amide bonds.